The maximum Gasteiger partial charge on any atom is 0.211 e. The zero-order valence-electron chi connectivity index (χ0n) is 14.2. The summed E-state index contributed by atoms with van der Waals surface area (Å²) in [6.45, 7) is 0.975. The average Bonchev–Trinajstić information content (AvgIpc) is 3.32. The molecule has 4 aromatic rings. The molecule has 8 heteroatoms. The summed E-state index contributed by atoms with van der Waals surface area (Å²) in [5.74, 6) is 0.991. The van der Waals surface area contributed by atoms with Crippen LogP contribution in [0.2, 0.25) is 0 Å². The summed E-state index contributed by atoms with van der Waals surface area (Å²) in [7, 11) is 0. The van der Waals surface area contributed by atoms with Crippen LogP contribution in [0.4, 0.5) is 15.3 Å². The van der Waals surface area contributed by atoms with Crippen molar-refractivity contribution in [3.8, 4) is 5.75 Å². The molecule has 0 spiro atoms. The molecule has 4 rings (SSSR count). The van der Waals surface area contributed by atoms with E-state index in [9.17, 15) is 4.39 Å². The van der Waals surface area contributed by atoms with Gasteiger partial charge in [-0.25, -0.2) is 4.39 Å². The Kier molecular flexibility index (Phi) is 5.06. The van der Waals surface area contributed by atoms with Crippen molar-refractivity contribution in [2.45, 2.75) is 13.2 Å². The molecule has 0 unspecified atom stereocenters. The molecular weight excluding hydrogens is 365 g/mol. The Hall–Kier alpha value is -3.26. The molecule has 2 heterocycles. The molecule has 6 nitrogen and oxygen atoms in total. The predicted molar refractivity (Wildman–Crippen MR) is 102 cm³/mol. The van der Waals surface area contributed by atoms with Gasteiger partial charge in [0.05, 0.1) is 6.54 Å². The largest absolute Gasteiger partial charge is 0.486 e. The molecule has 0 radical (unpaired) electrons. The van der Waals surface area contributed by atoms with Crippen LogP contribution in [0.5, 0.6) is 5.75 Å². The lowest BCUT2D eigenvalue weighted by Gasteiger charge is -2.02. The highest BCUT2D eigenvalue weighted by molar-refractivity contribution is 7.15. The summed E-state index contributed by atoms with van der Waals surface area (Å²) in [6, 6.07) is 17.9. The van der Waals surface area contributed by atoms with Crippen molar-refractivity contribution in [1.82, 2.24) is 20.0 Å². The van der Waals surface area contributed by atoms with Gasteiger partial charge >= 0.3 is 0 Å². The number of anilines is 2. The van der Waals surface area contributed by atoms with Crippen LogP contribution < -0.4 is 10.1 Å². The van der Waals surface area contributed by atoms with Gasteiger partial charge in [0.1, 0.15) is 18.2 Å². The molecule has 0 aliphatic rings. The Bertz CT molecular complexity index is 1000. The van der Waals surface area contributed by atoms with Gasteiger partial charge < -0.3 is 10.1 Å². The normalized spacial score (nSPS) is 10.7. The second kappa shape index (κ2) is 7.96. The predicted octanol–water partition coefficient (Wildman–Crippen LogP) is 4.24. The van der Waals surface area contributed by atoms with Crippen LogP contribution >= 0.6 is 11.3 Å². The SMILES string of the molecule is Fc1ccc(OCc2nnc(Nc3ccn(Cc4ccccc4)n3)s2)cc1. The zero-order chi connectivity index (χ0) is 18.5. The van der Waals surface area contributed by atoms with Gasteiger partial charge in [0.2, 0.25) is 5.13 Å². The van der Waals surface area contributed by atoms with Gasteiger partial charge in [-0.05, 0) is 29.8 Å². The first kappa shape index (κ1) is 17.2. The van der Waals surface area contributed by atoms with Crippen LogP contribution in [0, 0.1) is 5.82 Å². The summed E-state index contributed by atoms with van der Waals surface area (Å²) < 4.78 is 20.3. The number of rotatable bonds is 7. The Labute approximate surface area is 159 Å². The van der Waals surface area contributed by atoms with Gasteiger partial charge in [-0.15, -0.1) is 10.2 Å². The Morgan fingerprint density at radius 3 is 2.63 bits per heavy atom. The molecule has 27 heavy (non-hydrogen) atoms. The van der Waals surface area contributed by atoms with Crippen LogP contribution in [-0.2, 0) is 13.2 Å². The van der Waals surface area contributed by atoms with E-state index in [-0.39, 0.29) is 12.4 Å². The highest BCUT2D eigenvalue weighted by Gasteiger charge is 2.07. The van der Waals surface area contributed by atoms with Crippen molar-refractivity contribution in [2.24, 2.45) is 0 Å². The standard InChI is InChI=1S/C19H16FN5OS/c20-15-6-8-16(9-7-15)26-13-18-22-23-19(27-18)21-17-10-11-25(24-17)12-14-4-2-1-3-5-14/h1-11H,12-13H2,(H,21,23,24). The molecule has 0 aliphatic carbocycles. The second-order valence-corrected chi connectivity index (χ2v) is 6.81. The zero-order valence-corrected chi connectivity index (χ0v) is 15.1. The molecular formula is C19H16FN5OS. The van der Waals surface area contributed by atoms with E-state index in [1.165, 1.54) is 29.0 Å². The fourth-order valence-corrected chi connectivity index (χ4v) is 3.09. The molecule has 2 aromatic heterocycles. The first-order valence-electron chi connectivity index (χ1n) is 8.30. The molecule has 1 N–H and O–H groups in total. The van der Waals surface area contributed by atoms with Crippen molar-refractivity contribution in [1.29, 1.82) is 0 Å². The van der Waals surface area contributed by atoms with Crippen LogP contribution in [-0.4, -0.2) is 20.0 Å². The van der Waals surface area contributed by atoms with Crippen molar-refractivity contribution in [3.05, 3.63) is 83.2 Å². The summed E-state index contributed by atoms with van der Waals surface area (Å²) in [5.41, 5.74) is 1.18. The lowest BCUT2D eigenvalue weighted by Crippen LogP contribution is -2.01. The van der Waals surface area contributed by atoms with E-state index in [0.717, 1.165) is 0 Å². The summed E-state index contributed by atoms with van der Waals surface area (Å²) in [5, 5.41) is 17.2. The Morgan fingerprint density at radius 2 is 1.81 bits per heavy atom. The molecule has 0 amide bonds. The summed E-state index contributed by atoms with van der Waals surface area (Å²) in [4.78, 5) is 0. The van der Waals surface area contributed by atoms with Crippen molar-refractivity contribution in [2.75, 3.05) is 5.32 Å². The molecule has 0 atom stereocenters. The molecule has 2 aromatic carbocycles. The number of benzene rings is 2. The Morgan fingerprint density at radius 1 is 1.00 bits per heavy atom. The topological polar surface area (TPSA) is 64.9 Å². The maximum atomic E-state index is 12.9. The first-order valence-corrected chi connectivity index (χ1v) is 9.11. The number of hydrogen-bond donors (Lipinski definition) is 1. The van der Waals surface area contributed by atoms with E-state index in [1.54, 1.807) is 12.1 Å². The fraction of sp³-hybridized carbons (Fsp3) is 0.105. The van der Waals surface area contributed by atoms with Gasteiger partial charge in [0.15, 0.2) is 10.8 Å². The van der Waals surface area contributed by atoms with Crippen molar-refractivity contribution >= 4 is 22.3 Å². The third-order valence-corrected chi connectivity index (χ3v) is 4.52. The van der Waals surface area contributed by atoms with Gasteiger partial charge in [-0.3, -0.25) is 4.68 Å². The monoisotopic (exact) mass is 381 g/mol. The molecule has 0 fully saturated rings. The minimum Gasteiger partial charge on any atom is -0.486 e. The quantitative estimate of drug-likeness (QED) is 0.519. The smallest absolute Gasteiger partial charge is 0.211 e. The van der Waals surface area contributed by atoms with Crippen LogP contribution in [0.1, 0.15) is 10.6 Å². The van der Waals surface area contributed by atoms with Gasteiger partial charge in [-0.2, -0.15) is 5.10 Å². The molecule has 0 saturated heterocycles. The van der Waals surface area contributed by atoms with Crippen molar-refractivity contribution < 1.29 is 9.13 Å². The third kappa shape index (κ3) is 4.68. The van der Waals surface area contributed by atoms with Gasteiger partial charge in [-0.1, -0.05) is 41.7 Å². The minimum absolute atomic E-state index is 0.271. The highest BCUT2D eigenvalue weighted by Crippen LogP contribution is 2.21. The number of nitrogens with zero attached hydrogens (tertiary/aromatic N) is 4. The summed E-state index contributed by atoms with van der Waals surface area (Å²) in [6.07, 6.45) is 1.91. The maximum absolute atomic E-state index is 12.9. The van der Waals surface area contributed by atoms with Crippen LogP contribution in [0.25, 0.3) is 0 Å². The number of nitrogens with one attached hydrogen (secondary N) is 1. The number of halogens is 1. The van der Waals surface area contributed by atoms with Gasteiger partial charge in [0, 0.05) is 12.3 Å². The highest BCUT2D eigenvalue weighted by atomic mass is 32.1. The lowest BCUT2D eigenvalue weighted by atomic mass is 10.2. The number of aromatic nitrogens is 4. The lowest BCUT2D eigenvalue weighted by molar-refractivity contribution is 0.304. The third-order valence-electron chi connectivity index (χ3n) is 3.71. The van der Waals surface area contributed by atoms with E-state index in [2.05, 4.69) is 32.7 Å². The van der Waals surface area contributed by atoms with Crippen LogP contribution in [0.15, 0.2) is 66.9 Å². The van der Waals surface area contributed by atoms with E-state index in [1.807, 2.05) is 35.1 Å². The average molecular weight is 381 g/mol. The molecule has 136 valence electrons. The number of ether oxygens (including phenoxy) is 1. The fourth-order valence-electron chi connectivity index (χ4n) is 2.43. The second-order valence-electron chi connectivity index (χ2n) is 5.75. The van der Waals surface area contributed by atoms with E-state index < -0.39 is 0 Å². The van der Waals surface area contributed by atoms with Gasteiger partial charge in [0.25, 0.3) is 0 Å². The first-order chi connectivity index (χ1) is 13.2. The summed E-state index contributed by atoms with van der Waals surface area (Å²) >= 11 is 1.38. The van der Waals surface area contributed by atoms with E-state index >= 15 is 0 Å². The van der Waals surface area contributed by atoms with E-state index in [0.29, 0.717) is 28.3 Å². The minimum atomic E-state index is -0.295. The Balaban J connectivity index is 1.33. The van der Waals surface area contributed by atoms with Crippen LogP contribution in [0.3, 0.4) is 0 Å². The molecule has 0 bridgehead atoms. The number of hydrogen-bond acceptors (Lipinski definition) is 6. The van der Waals surface area contributed by atoms with Crippen molar-refractivity contribution in [3.63, 3.8) is 0 Å². The molecule has 0 aliphatic heterocycles. The van der Waals surface area contributed by atoms with E-state index in [4.69, 9.17) is 4.74 Å². The molecule has 0 saturated carbocycles.